The second kappa shape index (κ2) is 5.13. The van der Waals surface area contributed by atoms with Gasteiger partial charge < -0.3 is 0 Å². The maximum Gasteiger partial charge on any atom is 0.195 e. The van der Waals surface area contributed by atoms with Crippen molar-refractivity contribution in [2.75, 3.05) is 0 Å². The van der Waals surface area contributed by atoms with Crippen molar-refractivity contribution in [2.24, 2.45) is 0 Å². The molecule has 0 aromatic heterocycles. The predicted molar refractivity (Wildman–Crippen MR) is 70.4 cm³/mol. The van der Waals surface area contributed by atoms with Crippen LogP contribution in [0.5, 0.6) is 0 Å². The molecule has 0 N–H and O–H groups in total. The fourth-order valence-electron chi connectivity index (χ4n) is 1.87. The van der Waals surface area contributed by atoms with Gasteiger partial charge in [-0.3, -0.25) is 4.79 Å². The zero-order valence-corrected chi connectivity index (χ0v) is 10.5. The Hall–Kier alpha value is -1.96. The topological polar surface area (TPSA) is 17.1 Å². The highest BCUT2D eigenvalue weighted by Gasteiger charge is 2.14. The summed E-state index contributed by atoms with van der Waals surface area (Å²) in [5, 5.41) is 0. The van der Waals surface area contributed by atoms with E-state index >= 15 is 0 Å². The Labute approximate surface area is 106 Å². The second-order valence-electron chi connectivity index (χ2n) is 4.32. The molecule has 0 aliphatic rings. The molecule has 0 saturated heterocycles. The van der Waals surface area contributed by atoms with Crippen LogP contribution >= 0.6 is 0 Å². The van der Waals surface area contributed by atoms with E-state index in [1.54, 1.807) is 31.2 Å². The summed E-state index contributed by atoms with van der Waals surface area (Å²) in [7, 11) is 0. The van der Waals surface area contributed by atoms with Crippen molar-refractivity contribution < 1.29 is 9.18 Å². The maximum atomic E-state index is 13.9. The summed E-state index contributed by atoms with van der Waals surface area (Å²) in [6, 6.07) is 12.2. The standard InChI is InChI=1S/C16H15FO/c1-3-12-7-9-13(10-8-12)16(18)14-6-4-5-11(2)15(14)17/h4-10H,3H2,1-2H3. The van der Waals surface area contributed by atoms with Crippen molar-refractivity contribution >= 4 is 5.78 Å². The summed E-state index contributed by atoms with van der Waals surface area (Å²) in [5.74, 6) is -0.694. The number of rotatable bonds is 3. The highest BCUT2D eigenvalue weighted by Crippen LogP contribution is 2.17. The van der Waals surface area contributed by atoms with Gasteiger partial charge in [0, 0.05) is 5.56 Å². The van der Waals surface area contributed by atoms with Crippen molar-refractivity contribution in [3.63, 3.8) is 0 Å². The first-order chi connectivity index (χ1) is 8.63. The van der Waals surface area contributed by atoms with Crippen LogP contribution in [-0.4, -0.2) is 5.78 Å². The van der Waals surface area contributed by atoms with Crippen molar-refractivity contribution in [3.05, 3.63) is 70.5 Å². The van der Waals surface area contributed by atoms with E-state index in [2.05, 4.69) is 6.92 Å². The number of carbonyl (C=O) groups excluding carboxylic acids is 1. The second-order valence-corrected chi connectivity index (χ2v) is 4.32. The Kier molecular flexibility index (Phi) is 3.56. The molecule has 0 atom stereocenters. The van der Waals surface area contributed by atoms with E-state index in [-0.39, 0.29) is 11.3 Å². The van der Waals surface area contributed by atoms with Crippen LogP contribution < -0.4 is 0 Å². The molecule has 2 rings (SSSR count). The molecule has 0 amide bonds. The van der Waals surface area contributed by atoms with E-state index in [1.165, 1.54) is 6.07 Å². The maximum absolute atomic E-state index is 13.9. The predicted octanol–water partition coefficient (Wildman–Crippen LogP) is 3.93. The molecule has 0 aliphatic carbocycles. The van der Waals surface area contributed by atoms with Gasteiger partial charge in [0.25, 0.3) is 0 Å². The molecular formula is C16H15FO. The van der Waals surface area contributed by atoms with Gasteiger partial charge in [-0.2, -0.15) is 0 Å². The Morgan fingerprint density at radius 2 is 1.78 bits per heavy atom. The van der Waals surface area contributed by atoms with Gasteiger partial charge in [0.15, 0.2) is 5.78 Å². The molecule has 18 heavy (non-hydrogen) atoms. The first-order valence-corrected chi connectivity index (χ1v) is 6.02. The third-order valence-corrected chi connectivity index (χ3v) is 3.06. The molecule has 1 nitrogen and oxygen atoms in total. The van der Waals surface area contributed by atoms with E-state index in [0.717, 1.165) is 12.0 Å². The zero-order valence-electron chi connectivity index (χ0n) is 10.5. The number of aryl methyl sites for hydroxylation is 2. The van der Waals surface area contributed by atoms with E-state index in [0.29, 0.717) is 11.1 Å². The molecule has 92 valence electrons. The SMILES string of the molecule is CCc1ccc(C(=O)c2cccc(C)c2F)cc1. The van der Waals surface area contributed by atoms with Gasteiger partial charge in [0.05, 0.1) is 5.56 Å². The molecule has 0 bridgehead atoms. The van der Waals surface area contributed by atoms with E-state index in [9.17, 15) is 9.18 Å². The molecule has 0 spiro atoms. The van der Waals surface area contributed by atoms with Crippen molar-refractivity contribution in [3.8, 4) is 0 Å². The molecule has 0 aliphatic heterocycles. The normalized spacial score (nSPS) is 10.4. The number of ketones is 1. The van der Waals surface area contributed by atoms with Crippen LogP contribution in [0.3, 0.4) is 0 Å². The number of hydrogen-bond acceptors (Lipinski definition) is 1. The zero-order chi connectivity index (χ0) is 13.1. The summed E-state index contributed by atoms with van der Waals surface area (Å²) < 4.78 is 13.9. The molecular weight excluding hydrogens is 227 g/mol. The average molecular weight is 242 g/mol. The third kappa shape index (κ3) is 2.33. The molecule has 0 radical (unpaired) electrons. The molecule has 2 aromatic carbocycles. The molecule has 0 saturated carbocycles. The van der Waals surface area contributed by atoms with Gasteiger partial charge in [0.2, 0.25) is 0 Å². The minimum Gasteiger partial charge on any atom is -0.288 e. The van der Waals surface area contributed by atoms with Gasteiger partial charge >= 0.3 is 0 Å². The number of hydrogen-bond donors (Lipinski definition) is 0. The summed E-state index contributed by atoms with van der Waals surface area (Å²) in [6.07, 6.45) is 0.924. The van der Waals surface area contributed by atoms with Crippen LogP contribution in [0.4, 0.5) is 4.39 Å². The molecule has 0 heterocycles. The van der Waals surface area contributed by atoms with Gasteiger partial charge in [0.1, 0.15) is 5.82 Å². The smallest absolute Gasteiger partial charge is 0.195 e. The molecule has 2 heteroatoms. The number of benzene rings is 2. The van der Waals surface area contributed by atoms with E-state index in [4.69, 9.17) is 0 Å². The van der Waals surface area contributed by atoms with Crippen LogP contribution in [0.2, 0.25) is 0 Å². The Morgan fingerprint density at radius 1 is 1.11 bits per heavy atom. The highest BCUT2D eigenvalue weighted by molar-refractivity contribution is 6.09. The number of carbonyl (C=O) groups is 1. The van der Waals surface area contributed by atoms with E-state index in [1.807, 2.05) is 12.1 Å². The van der Waals surface area contributed by atoms with Crippen LogP contribution in [-0.2, 0) is 6.42 Å². The monoisotopic (exact) mass is 242 g/mol. The third-order valence-electron chi connectivity index (χ3n) is 3.06. The summed E-state index contributed by atoms with van der Waals surface area (Å²) >= 11 is 0. The van der Waals surface area contributed by atoms with Crippen LogP contribution in [0.1, 0.15) is 34.0 Å². The van der Waals surface area contributed by atoms with Gasteiger partial charge in [-0.1, -0.05) is 43.3 Å². The first-order valence-electron chi connectivity index (χ1n) is 6.02. The van der Waals surface area contributed by atoms with Gasteiger partial charge in [-0.15, -0.1) is 0 Å². The quantitative estimate of drug-likeness (QED) is 0.745. The summed E-state index contributed by atoms with van der Waals surface area (Å²) in [5.41, 5.74) is 2.32. The lowest BCUT2D eigenvalue weighted by Crippen LogP contribution is -2.05. The lowest BCUT2D eigenvalue weighted by atomic mass is 9.99. The van der Waals surface area contributed by atoms with Crippen LogP contribution in [0.25, 0.3) is 0 Å². The summed E-state index contributed by atoms with van der Waals surface area (Å²) in [4.78, 5) is 12.2. The molecule has 0 unspecified atom stereocenters. The minimum absolute atomic E-state index is 0.138. The molecule has 2 aromatic rings. The fourth-order valence-corrected chi connectivity index (χ4v) is 1.87. The van der Waals surface area contributed by atoms with Crippen LogP contribution in [0.15, 0.2) is 42.5 Å². The van der Waals surface area contributed by atoms with Gasteiger partial charge in [-0.25, -0.2) is 4.39 Å². The fraction of sp³-hybridized carbons (Fsp3) is 0.188. The number of halogens is 1. The van der Waals surface area contributed by atoms with E-state index < -0.39 is 5.82 Å². The van der Waals surface area contributed by atoms with Crippen molar-refractivity contribution in [1.82, 2.24) is 0 Å². The minimum atomic E-state index is -0.429. The summed E-state index contributed by atoms with van der Waals surface area (Å²) in [6.45, 7) is 3.71. The highest BCUT2D eigenvalue weighted by atomic mass is 19.1. The van der Waals surface area contributed by atoms with Crippen LogP contribution in [0, 0.1) is 12.7 Å². The lowest BCUT2D eigenvalue weighted by molar-refractivity contribution is 0.103. The Balaban J connectivity index is 2.38. The first kappa shape index (κ1) is 12.5. The lowest BCUT2D eigenvalue weighted by Gasteiger charge is -2.05. The van der Waals surface area contributed by atoms with Gasteiger partial charge in [-0.05, 0) is 30.5 Å². The Morgan fingerprint density at radius 3 is 2.39 bits per heavy atom. The van der Waals surface area contributed by atoms with Crippen molar-refractivity contribution in [2.45, 2.75) is 20.3 Å². The van der Waals surface area contributed by atoms with Crippen molar-refractivity contribution in [1.29, 1.82) is 0 Å². The molecule has 0 fully saturated rings. The average Bonchev–Trinajstić information content (AvgIpc) is 2.41. The Bertz CT molecular complexity index is 570. The largest absolute Gasteiger partial charge is 0.288 e.